The molecule has 0 fully saturated rings. The van der Waals surface area contributed by atoms with Crippen LogP contribution in [0.2, 0.25) is 0 Å². The van der Waals surface area contributed by atoms with Gasteiger partial charge in [0.2, 0.25) is 0 Å². The number of para-hydroxylation sites is 1. The lowest BCUT2D eigenvalue weighted by molar-refractivity contribution is 0.199. The van der Waals surface area contributed by atoms with Crippen LogP contribution in [0.3, 0.4) is 0 Å². The fraction of sp³-hybridized carbons (Fsp3) is 0.412. The Morgan fingerprint density at radius 1 is 1.25 bits per heavy atom. The van der Waals surface area contributed by atoms with Gasteiger partial charge in [-0.1, -0.05) is 24.1 Å². The van der Waals surface area contributed by atoms with Crippen LogP contribution in [0.5, 0.6) is 0 Å². The number of rotatable bonds is 7. The van der Waals surface area contributed by atoms with Crippen LogP contribution in [0, 0.1) is 11.8 Å². The van der Waals surface area contributed by atoms with E-state index < -0.39 is 0 Å². The lowest BCUT2D eigenvalue weighted by atomic mass is 10.1. The summed E-state index contributed by atoms with van der Waals surface area (Å²) in [6.07, 6.45) is 3.25. The maximum Gasteiger partial charge on any atom is 0.0837 e. The monoisotopic (exact) mass is 270 g/mol. The van der Waals surface area contributed by atoms with Crippen LogP contribution < -0.4 is 5.32 Å². The molecule has 0 atom stereocenters. The van der Waals surface area contributed by atoms with E-state index >= 15 is 0 Å². The van der Waals surface area contributed by atoms with Crippen LogP contribution in [-0.4, -0.2) is 31.4 Å². The number of nitrogens with zero attached hydrogens (tertiary/aromatic N) is 1. The van der Waals surface area contributed by atoms with Crippen molar-refractivity contribution in [1.82, 2.24) is 9.88 Å². The lowest BCUT2D eigenvalue weighted by Crippen LogP contribution is -2.21. The Morgan fingerprint density at radius 2 is 2.10 bits per heavy atom. The first-order valence-corrected chi connectivity index (χ1v) is 7.03. The summed E-state index contributed by atoms with van der Waals surface area (Å²) in [7, 11) is 1.73. The SMILES string of the molecule is CC#CCn1cc(CCNCCOC)c2ccccc21. The molecule has 3 heteroatoms. The zero-order chi connectivity index (χ0) is 14.2. The van der Waals surface area contributed by atoms with Crippen LogP contribution in [0.4, 0.5) is 0 Å². The second-order valence-electron chi connectivity index (χ2n) is 4.72. The molecule has 2 aromatic rings. The highest BCUT2D eigenvalue weighted by Gasteiger charge is 2.06. The van der Waals surface area contributed by atoms with Crippen molar-refractivity contribution >= 4 is 10.9 Å². The number of methoxy groups -OCH3 is 1. The van der Waals surface area contributed by atoms with Gasteiger partial charge in [0.15, 0.2) is 0 Å². The minimum absolute atomic E-state index is 0.758. The van der Waals surface area contributed by atoms with Crippen molar-refractivity contribution in [1.29, 1.82) is 0 Å². The average molecular weight is 270 g/mol. The Balaban J connectivity index is 2.09. The highest BCUT2D eigenvalue weighted by molar-refractivity contribution is 5.84. The van der Waals surface area contributed by atoms with Crippen LogP contribution in [0.25, 0.3) is 10.9 Å². The van der Waals surface area contributed by atoms with Gasteiger partial charge < -0.3 is 14.6 Å². The predicted molar refractivity (Wildman–Crippen MR) is 83.8 cm³/mol. The Bertz CT molecular complexity index is 604. The molecule has 106 valence electrons. The first-order chi connectivity index (χ1) is 9.86. The molecule has 0 aliphatic carbocycles. The van der Waals surface area contributed by atoms with Crippen molar-refractivity contribution in [2.45, 2.75) is 19.9 Å². The summed E-state index contributed by atoms with van der Waals surface area (Å²) in [6.45, 7) is 5.27. The molecule has 1 aromatic carbocycles. The molecule has 20 heavy (non-hydrogen) atoms. The number of benzene rings is 1. The fourth-order valence-electron chi connectivity index (χ4n) is 2.34. The quantitative estimate of drug-likeness (QED) is 0.618. The second kappa shape index (κ2) is 7.74. The number of hydrogen-bond acceptors (Lipinski definition) is 2. The zero-order valence-corrected chi connectivity index (χ0v) is 12.3. The van der Waals surface area contributed by atoms with Gasteiger partial charge in [0, 0.05) is 30.8 Å². The van der Waals surface area contributed by atoms with E-state index in [0.29, 0.717) is 0 Å². The van der Waals surface area contributed by atoms with Crippen molar-refractivity contribution in [2.75, 3.05) is 26.8 Å². The predicted octanol–water partition coefficient (Wildman–Crippen LogP) is 2.44. The molecule has 0 radical (unpaired) electrons. The topological polar surface area (TPSA) is 26.2 Å². The first kappa shape index (κ1) is 14.6. The second-order valence-corrected chi connectivity index (χ2v) is 4.72. The van der Waals surface area contributed by atoms with Gasteiger partial charge in [-0.2, -0.15) is 0 Å². The maximum absolute atomic E-state index is 5.03. The van der Waals surface area contributed by atoms with Gasteiger partial charge >= 0.3 is 0 Å². The normalized spacial score (nSPS) is 10.5. The number of nitrogens with one attached hydrogen (secondary N) is 1. The Morgan fingerprint density at radius 3 is 2.90 bits per heavy atom. The standard InChI is InChI=1S/C17H22N2O/c1-3-4-12-19-14-15(9-10-18-11-13-20-2)16-7-5-6-8-17(16)19/h5-8,14,18H,9-13H2,1-2H3. The van der Waals surface area contributed by atoms with Gasteiger partial charge in [0.25, 0.3) is 0 Å². The Hall–Kier alpha value is -1.76. The molecular formula is C17H22N2O. The molecule has 0 aliphatic heterocycles. The maximum atomic E-state index is 5.03. The van der Waals surface area contributed by atoms with Gasteiger partial charge in [-0.05, 0) is 31.5 Å². The van der Waals surface area contributed by atoms with Crippen LogP contribution >= 0.6 is 0 Å². The smallest absolute Gasteiger partial charge is 0.0837 e. The summed E-state index contributed by atoms with van der Waals surface area (Å²) >= 11 is 0. The molecule has 0 aliphatic rings. The molecule has 0 amide bonds. The molecule has 2 rings (SSSR count). The first-order valence-electron chi connectivity index (χ1n) is 7.03. The molecule has 1 N–H and O–H groups in total. The summed E-state index contributed by atoms with van der Waals surface area (Å²) in [4.78, 5) is 0. The summed E-state index contributed by atoms with van der Waals surface area (Å²) in [5.74, 6) is 6.09. The van der Waals surface area contributed by atoms with Crippen LogP contribution in [0.1, 0.15) is 12.5 Å². The van der Waals surface area contributed by atoms with E-state index in [1.54, 1.807) is 7.11 Å². The number of aromatic nitrogens is 1. The molecule has 0 saturated carbocycles. The Kier molecular flexibility index (Phi) is 5.67. The van der Waals surface area contributed by atoms with E-state index in [4.69, 9.17) is 4.74 Å². The van der Waals surface area contributed by atoms with E-state index in [1.165, 1.54) is 16.5 Å². The van der Waals surface area contributed by atoms with Crippen molar-refractivity contribution < 1.29 is 4.74 Å². The molecule has 1 heterocycles. The van der Waals surface area contributed by atoms with E-state index in [1.807, 2.05) is 6.92 Å². The molecule has 1 aromatic heterocycles. The van der Waals surface area contributed by atoms with Crippen molar-refractivity contribution in [3.8, 4) is 11.8 Å². The van der Waals surface area contributed by atoms with Gasteiger partial charge in [0.05, 0.1) is 13.2 Å². The average Bonchev–Trinajstić information content (AvgIpc) is 2.83. The van der Waals surface area contributed by atoms with Crippen molar-refractivity contribution in [3.63, 3.8) is 0 Å². The minimum Gasteiger partial charge on any atom is -0.383 e. The van der Waals surface area contributed by atoms with Gasteiger partial charge in [0.1, 0.15) is 0 Å². The van der Waals surface area contributed by atoms with Crippen LogP contribution in [-0.2, 0) is 17.7 Å². The lowest BCUT2D eigenvalue weighted by Gasteiger charge is -2.03. The number of hydrogen-bond donors (Lipinski definition) is 1. The molecule has 0 bridgehead atoms. The highest BCUT2D eigenvalue weighted by Crippen LogP contribution is 2.21. The van der Waals surface area contributed by atoms with Gasteiger partial charge in [-0.3, -0.25) is 0 Å². The minimum atomic E-state index is 0.758. The Labute approximate surface area is 120 Å². The summed E-state index contributed by atoms with van der Waals surface area (Å²) in [6, 6.07) is 8.53. The van der Waals surface area contributed by atoms with E-state index in [2.05, 4.69) is 52.2 Å². The van der Waals surface area contributed by atoms with Gasteiger partial charge in [-0.15, -0.1) is 5.92 Å². The molecular weight excluding hydrogens is 248 g/mol. The zero-order valence-electron chi connectivity index (χ0n) is 12.3. The van der Waals surface area contributed by atoms with E-state index in [9.17, 15) is 0 Å². The molecule has 0 spiro atoms. The summed E-state index contributed by atoms with van der Waals surface area (Å²) < 4.78 is 7.26. The fourth-order valence-corrected chi connectivity index (χ4v) is 2.34. The van der Waals surface area contributed by atoms with Crippen molar-refractivity contribution in [3.05, 3.63) is 36.0 Å². The largest absolute Gasteiger partial charge is 0.383 e. The highest BCUT2D eigenvalue weighted by atomic mass is 16.5. The van der Waals surface area contributed by atoms with Gasteiger partial charge in [-0.25, -0.2) is 0 Å². The summed E-state index contributed by atoms with van der Waals surface area (Å²) in [5, 5.41) is 4.72. The molecule has 3 nitrogen and oxygen atoms in total. The third-order valence-corrected chi connectivity index (χ3v) is 3.35. The van der Waals surface area contributed by atoms with E-state index in [0.717, 1.165) is 32.7 Å². The van der Waals surface area contributed by atoms with Crippen LogP contribution in [0.15, 0.2) is 30.5 Å². The molecule has 0 saturated heterocycles. The van der Waals surface area contributed by atoms with E-state index in [-0.39, 0.29) is 0 Å². The number of ether oxygens (including phenoxy) is 1. The number of fused-ring (bicyclic) bond motifs is 1. The third-order valence-electron chi connectivity index (χ3n) is 3.35. The molecule has 0 unspecified atom stereocenters. The van der Waals surface area contributed by atoms with Crippen molar-refractivity contribution in [2.24, 2.45) is 0 Å². The third kappa shape index (κ3) is 3.63. The summed E-state index contributed by atoms with van der Waals surface area (Å²) in [5.41, 5.74) is 2.64.